The lowest BCUT2D eigenvalue weighted by atomic mass is 9.90. The Bertz CT molecular complexity index is 445. The second kappa shape index (κ2) is 4.97. The lowest BCUT2D eigenvalue weighted by Crippen LogP contribution is -2.41. The highest BCUT2D eigenvalue weighted by atomic mass is 16.2. The zero-order chi connectivity index (χ0) is 12.3. The fraction of sp³-hybridized carbons (Fsp3) is 0.333. The van der Waals surface area contributed by atoms with Crippen LogP contribution in [0.15, 0.2) is 24.3 Å². The fourth-order valence-electron chi connectivity index (χ4n) is 2.03. The maximum atomic E-state index is 11.9. The van der Waals surface area contributed by atoms with Crippen molar-refractivity contribution in [2.45, 2.75) is 12.5 Å². The third-order valence-corrected chi connectivity index (χ3v) is 2.85. The predicted molar refractivity (Wildman–Crippen MR) is 63.1 cm³/mol. The van der Waals surface area contributed by atoms with Crippen LogP contribution in [0, 0.1) is 0 Å². The van der Waals surface area contributed by atoms with Gasteiger partial charge in [0.1, 0.15) is 0 Å². The van der Waals surface area contributed by atoms with E-state index in [4.69, 9.17) is 5.73 Å². The zero-order valence-corrected chi connectivity index (χ0v) is 9.40. The highest BCUT2D eigenvalue weighted by molar-refractivity contribution is 5.88. The van der Waals surface area contributed by atoms with E-state index in [1.165, 1.54) is 0 Å². The molecule has 1 heterocycles. The van der Waals surface area contributed by atoms with Gasteiger partial charge in [-0.1, -0.05) is 24.3 Å². The molecular formula is C12H15N3O2. The molecule has 4 N–H and O–H groups in total. The van der Waals surface area contributed by atoms with Crippen molar-refractivity contribution in [3.63, 3.8) is 0 Å². The van der Waals surface area contributed by atoms with Crippen LogP contribution in [-0.4, -0.2) is 24.9 Å². The number of hydrogen-bond donors (Lipinski definition) is 3. The molecule has 1 aromatic rings. The van der Waals surface area contributed by atoms with Crippen molar-refractivity contribution in [1.82, 2.24) is 10.6 Å². The molecule has 5 nitrogen and oxygen atoms in total. The molecule has 17 heavy (non-hydrogen) atoms. The number of carbonyl (C=O) groups is 2. The summed E-state index contributed by atoms with van der Waals surface area (Å²) in [7, 11) is 0. The minimum atomic E-state index is -0.532. The van der Waals surface area contributed by atoms with Crippen LogP contribution in [0.1, 0.15) is 17.0 Å². The van der Waals surface area contributed by atoms with Gasteiger partial charge in [0.15, 0.2) is 0 Å². The van der Waals surface area contributed by atoms with Gasteiger partial charge in [-0.25, -0.2) is 0 Å². The third-order valence-electron chi connectivity index (χ3n) is 2.85. The number of nitrogens with one attached hydrogen (secondary N) is 2. The number of primary amides is 1. The van der Waals surface area contributed by atoms with Crippen molar-refractivity contribution >= 4 is 11.8 Å². The molecule has 0 radical (unpaired) electrons. The van der Waals surface area contributed by atoms with Gasteiger partial charge in [0.25, 0.3) is 0 Å². The van der Waals surface area contributed by atoms with Crippen LogP contribution < -0.4 is 16.4 Å². The summed E-state index contributed by atoms with van der Waals surface area (Å²) in [6, 6.07) is 7.81. The molecule has 2 amide bonds. The Morgan fingerprint density at radius 3 is 2.94 bits per heavy atom. The molecule has 1 aromatic carbocycles. The molecular weight excluding hydrogens is 218 g/mol. The van der Waals surface area contributed by atoms with E-state index in [0.29, 0.717) is 6.54 Å². The lowest BCUT2D eigenvalue weighted by Gasteiger charge is -2.25. The molecule has 1 unspecified atom stereocenters. The topological polar surface area (TPSA) is 84.2 Å². The molecule has 0 saturated heterocycles. The van der Waals surface area contributed by atoms with Crippen LogP contribution in [0.2, 0.25) is 0 Å². The molecule has 0 aliphatic carbocycles. The molecule has 5 heteroatoms. The van der Waals surface area contributed by atoms with Crippen molar-refractivity contribution in [2.24, 2.45) is 5.73 Å². The van der Waals surface area contributed by atoms with E-state index in [1.54, 1.807) is 0 Å². The van der Waals surface area contributed by atoms with Gasteiger partial charge in [-0.05, 0) is 11.1 Å². The predicted octanol–water partition coefficient (Wildman–Crippen LogP) is -0.525. The van der Waals surface area contributed by atoms with Crippen LogP contribution in [-0.2, 0) is 16.1 Å². The molecule has 1 aliphatic heterocycles. The van der Waals surface area contributed by atoms with Crippen molar-refractivity contribution in [2.75, 3.05) is 13.1 Å². The van der Waals surface area contributed by atoms with E-state index < -0.39 is 5.91 Å². The number of hydrogen-bond acceptors (Lipinski definition) is 3. The third kappa shape index (κ3) is 2.62. The summed E-state index contributed by atoms with van der Waals surface area (Å²) in [5.41, 5.74) is 7.14. The molecule has 90 valence electrons. The summed E-state index contributed by atoms with van der Waals surface area (Å²) in [5.74, 6) is -0.946. The second-order valence-corrected chi connectivity index (χ2v) is 4.07. The minimum Gasteiger partial charge on any atom is -0.368 e. The van der Waals surface area contributed by atoms with E-state index in [1.807, 2.05) is 24.3 Å². The van der Waals surface area contributed by atoms with Gasteiger partial charge in [-0.15, -0.1) is 0 Å². The zero-order valence-electron chi connectivity index (χ0n) is 9.40. The minimum absolute atomic E-state index is 0.114. The molecule has 2 rings (SSSR count). The van der Waals surface area contributed by atoms with Crippen molar-refractivity contribution < 1.29 is 9.59 Å². The first-order valence-electron chi connectivity index (χ1n) is 5.53. The second-order valence-electron chi connectivity index (χ2n) is 4.07. The highest BCUT2D eigenvalue weighted by Gasteiger charge is 2.25. The Morgan fingerprint density at radius 2 is 2.18 bits per heavy atom. The number of benzene rings is 1. The quantitative estimate of drug-likeness (QED) is 0.656. The summed E-state index contributed by atoms with van der Waals surface area (Å²) in [6.45, 7) is 1.24. The van der Waals surface area contributed by atoms with E-state index in [2.05, 4.69) is 10.6 Å². The molecule has 0 fully saturated rings. The molecule has 0 aromatic heterocycles. The van der Waals surface area contributed by atoms with Gasteiger partial charge in [0, 0.05) is 13.1 Å². The van der Waals surface area contributed by atoms with Crippen LogP contribution >= 0.6 is 0 Å². The van der Waals surface area contributed by atoms with E-state index in [9.17, 15) is 9.59 Å². The first kappa shape index (κ1) is 11.6. The fourth-order valence-corrected chi connectivity index (χ4v) is 2.03. The van der Waals surface area contributed by atoms with Crippen molar-refractivity contribution in [3.05, 3.63) is 35.4 Å². The number of fused-ring (bicyclic) bond motifs is 1. The average molecular weight is 233 g/mol. The van der Waals surface area contributed by atoms with Gasteiger partial charge in [0.05, 0.1) is 12.5 Å². The molecule has 1 aliphatic rings. The van der Waals surface area contributed by atoms with Gasteiger partial charge < -0.3 is 16.4 Å². The monoisotopic (exact) mass is 233 g/mol. The largest absolute Gasteiger partial charge is 0.368 e. The Balaban J connectivity index is 2.12. The number of amides is 2. The summed E-state index contributed by atoms with van der Waals surface area (Å²) in [6.07, 6.45) is 0. The highest BCUT2D eigenvalue weighted by Crippen LogP contribution is 2.23. The van der Waals surface area contributed by atoms with Gasteiger partial charge in [0.2, 0.25) is 11.8 Å². The normalized spacial score (nSPS) is 18.2. The SMILES string of the molecule is NC(=O)CNC(=O)C1CNCc2ccccc21. The van der Waals surface area contributed by atoms with Crippen molar-refractivity contribution in [1.29, 1.82) is 0 Å². The lowest BCUT2D eigenvalue weighted by molar-refractivity contribution is -0.125. The van der Waals surface area contributed by atoms with Gasteiger partial charge in [-0.3, -0.25) is 9.59 Å². The molecule has 0 bridgehead atoms. The first-order valence-corrected chi connectivity index (χ1v) is 5.53. The van der Waals surface area contributed by atoms with Gasteiger partial charge >= 0.3 is 0 Å². The van der Waals surface area contributed by atoms with Crippen LogP contribution in [0.4, 0.5) is 0 Å². The van der Waals surface area contributed by atoms with Crippen molar-refractivity contribution in [3.8, 4) is 0 Å². The maximum Gasteiger partial charge on any atom is 0.236 e. The average Bonchev–Trinajstić information content (AvgIpc) is 2.35. The van der Waals surface area contributed by atoms with E-state index in [-0.39, 0.29) is 18.4 Å². The Hall–Kier alpha value is -1.88. The summed E-state index contributed by atoms with van der Waals surface area (Å²) in [5, 5.41) is 5.72. The van der Waals surface area contributed by atoms with E-state index in [0.717, 1.165) is 17.7 Å². The van der Waals surface area contributed by atoms with Crippen LogP contribution in [0.3, 0.4) is 0 Å². The molecule has 0 saturated carbocycles. The Morgan fingerprint density at radius 1 is 1.41 bits per heavy atom. The standard InChI is InChI=1S/C12H15N3O2/c13-11(16)7-15-12(17)10-6-14-5-8-3-1-2-4-9(8)10/h1-4,10,14H,5-7H2,(H2,13,16)(H,15,17). The number of rotatable bonds is 3. The smallest absolute Gasteiger partial charge is 0.236 e. The van der Waals surface area contributed by atoms with E-state index >= 15 is 0 Å². The molecule has 0 spiro atoms. The number of carbonyl (C=O) groups excluding carboxylic acids is 2. The summed E-state index contributed by atoms with van der Waals surface area (Å²) >= 11 is 0. The Labute approximate surface area is 99.4 Å². The number of nitrogens with two attached hydrogens (primary N) is 1. The summed E-state index contributed by atoms with van der Waals surface area (Å²) < 4.78 is 0. The Kier molecular flexibility index (Phi) is 3.39. The summed E-state index contributed by atoms with van der Waals surface area (Å²) in [4.78, 5) is 22.5. The van der Waals surface area contributed by atoms with Crippen LogP contribution in [0.5, 0.6) is 0 Å². The first-order chi connectivity index (χ1) is 8.18. The van der Waals surface area contributed by atoms with Crippen LogP contribution in [0.25, 0.3) is 0 Å². The van der Waals surface area contributed by atoms with Gasteiger partial charge in [-0.2, -0.15) is 0 Å². The molecule has 1 atom stereocenters. The maximum absolute atomic E-state index is 11.9.